The number of benzene rings is 2. The molecule has 39 heavy (non-hydrogen) atoms. The fourth-order valence-electron chi connectivity index (χ4n) is 5.29. The molecule has 7 heteroatoms. The Balaban J connectivity index is 1.38. The number of hydrogen-bond acceptors (Lipinski definition) is 4. The number of thiocarbonyl (C=S) groups is 1. The molecule has 1 saturated heterocycles. The zero-order chi connectivity index (χ0) is 26.8. The highest BCUT2D eigenvalue weighted by atomic mass is 32.1. The van der Waals surface area contributed by atoms with Crippen molar-refractivity contribution in [3.05, 3.63) is 138 Å². The van der Waals surface area contributed by atoms with Gasteiger partial charge in [-0.2, -0.15) is 0 Å². The quantitative estimate of drug-likeness (QED) is 0.230. The molecule has 5 aromatic rings. The van der Waals surface area contributed by atoms with Crippen LogP contribution in [-0.2, 0) is 6.54 Å². The molecule has 0 spiro atoms. The van der Waals surface area contributed by atoms with Crippen LogP contribution >= 0.6 is 12.2 Å². The predicted octanol–water partition coefficient (Wildman–Crippen LogP) is 6.91. The summed E-state index contributed by atoms with van der Waals surface area (Å²) in [5.41, 5.74) is 6.71. The number of aryl methyl sites for hydroxylation is 1. The van der Waals surface area contributed by atoms with Gasteiger partial charge in [-0.3, -0.25) is 9.97 Å². The third kappa shape index (κ3) is 5.01. The first kappa shape index (κ1) is 24.8. The van der Waals surface area contributed by atoms with Gasteiger partial charge < -0.3 is 19.5 Å². The van der Waals surface area contributed by atoms with E-state index in [2.05, 4.69) is 63.9 Å². The predicted molar refractivity (Wildman–Crippen MR) is 158 cm³/mol. The molecule has 0 aliphatic carbocycles. The van der Waals surface area contributed by atoms with Crippen molar-refractivity contribution in [2.24, 2.45) is 0 Å². The van der Waals surface area contributed by atoms with E-state index in [-0.39, 0.29) is 12.1 Å². The van der Waals surface area contributed by atoms with Gasteiger partial charge in [-0.15, -0.1) is 0 Å². The SMILES string of the molecule is Cc1cc(C2C(c3ccccn3)NC(=S)N2c2ccc(Oc3ccccc3)cc2)c(C)n1Cc1cccnc1. The van der Waals surface area contributed by atoms with Crippen molar-refractivity contribution >= 4 is 23.0 Å². The Bertz CT molecular complexity index is 1570. The van der Waals surface area contributed by atoms with Crippen molar-refractivity contribution in [2.45, 2.75) is 32.5 Å². The number of rotatable bonds is 7. The third-order valence-electron chi connectivity index (χ3n) is 7.19. The van der Waals surface area contributed by atoms with Crippen LogP contribution in [0.2, 0.25) is 0 Å². The van der Waals surface area contributed by atoms with Crippen molar-refractivity contribution in [2.75, 3.05) is 4.90 Å². The average Bonchev–Trinajstić information content (AvgIpc) is 3.46. The number of aromatic nitrogens is 3. The molecular formula is C32H29N5OS. The first-order valence-electron chi connectivity index (χ1n) is 13.0. The molecule has 1 aliphatic rings. The summed E-state index contributed by atoms with van der Waals surface area (Å²) < 4.78 is 8.38. The monoisotopic (exact) mass is 531 g/mol. The van der Waals surface area contributed by atoms with Gasteiger partial charge in [0.25, 0.3) is 0 Å². The molecule has 3 aromatic heterocycles. The number of para-hydroxylation sites is 1. The second-order valence-electron chi connectivity index (χ2n) is 9.68. The summed E-state index contributed by atoms with van der Waals surface area (Å²) in [6.45, 7) is 5.10. The summed E-state index contributed by atoms with van der Waals surface area (Å²) in [5.74, 6) is 1.58. The molecule has 2 atom stereocenters. The van der Waals surface area contributed by atoms with Crippen LogP contribution < -0.4 is 15.0 Å². The maximum absolute atomic E-state index is 6.03. The molecule has 6 rings (SSSR count). The van der Waals surface area contributed by atoms with E-state index < -0.39 is 0 Å². The summed E-state index contributed by atoms with van der Waals surface area (Å²) in [5, 5.41) is 4.24. The highest BCUT2D eigenvalue weighted by Gasteiger charge is 2.42. The first-order valence-corrected chi connectivity index (χ1v) is 13.4. The number of hydrogen-bond donors (Lipinski definition) is 1. The normalized spacial score (nSPS) is 16.8. The van der Waals surface area contributed by atoms with Gasteiger partial charge >= 0.3 is 0 Å². The van der Waals surface area contributed by atoms with Crippen LogP contribution in [0.15, 0.2) is 110 Å². The number of ether oxygens (including phenoxy) is 1. The van der Waals surface area contributed by atoms with E-state index in [1.54, 1.807) is 6.20 Å². The van der Waals surface area contributed by atoms with Crippen molar-refractivity contribution in [1.82, 2.24) is 19.9 Å². The minimum atomic E-state index is -0.105. The van der Waals surface area contributed by atoms with Crippen LogP contribution in [0, 0.1) is 13.8 Å². The number of nitrogens with zero attached hydrogens (tertiary/aromatic N) is 4. The summed E-state index contributed by atoms with van der Waals surface area (Å²) >= 11 is 5.94. The zero-order valence-electron chi connectivity index (χ0n) is 21.9. The van der Waals surface area contributed by atoms with E-state index in [9.17, 15) is 0 Å². The van der Waals surface area contributed by atoms with Crippen LogP contribution in [0.25, 0.3) is 0 Å². The second kappa shape index (κ2) is 10.7. The van der Waals surface area contributed by atoms with Crippen LogP contribution in [0.5, 0.6) is 11.5 Å². The molecule has 0 radical (unpaired) electrons. The van der Waals surface area contributed by atoms with Gasteiger partial charge in [0, 0.05) is 42.2 Å². The zero-order valence-corrected chi connectivity index (χ0v) is 22.7. The Morgan fingerprint density at radius 2 is 1.64 bits per heavy atom. The maximum Gasteiger partial charge on any atom is 0.174 e. The topological polar surface area (TPSA) is 55.2 Å². The number of anilines is 1. The summed E-state index contributed by atoms with van der Waals surface area (Å²) in [4.78, 5) is 11.2. The van der Waals surface area contributed by atoms with E-state index >= 15 is 0 Å². The van der Waals surface area contributed by atoms with Gasteiger partial charge in [-0.05, 0) is 97.9 Å². The number of nitrogens with one attached hydrogen (secondary N) is 1. The first-order chi connectivity index (χ1) is 19.1. The largest absolute Gasteiger partial charge is 0.457 e. The third-order valence-corrected chi connectivity index (χ3v) is 7.50. The Kier molecular flexibility index (Phi) is 6.82. The summed E-state index contributed by atoms with van der Waals surface area (Å²) in [6.07, 6.45) is 5.56. The van der Waals surface area contributed by atoms with E-state index in [1.807, 2.05) is 73.1 Å². The van der Waals surface area contributed by atoms with Crippen molar-refractivity contribution in [3.63, 3.8) is 0 Å². The maximum atomic E-state index is 6.03. The average molecular weight is 532 g/mol. The molecule has 194 valence electrons. The van der Waals surface area contributed by atoms with Crippen molar-refractivity contribution in [1.29, 1.82) is 0 Å². The highest BCUT2D eigenvalue weighted by molar-refractivity contribution is 7.80. The van der Waals surface area contributed by atoms with E-state index in [4.69, 9.17) is 21.9 Å². The van der Waals surface area contributed by atoms with Gasteiger partial charge in [0.2, 0.25) is 0 Å². The molecule has 2 aromatic carbocycles. The molecule has 1 fully saturated rings. The van der Waals surface area contributed by atoms with Crippen molar-refractivity contribution in [3.8, 4) is 11.5 Å². The fraction of sp³-hybridized carbons (Fsp3) is 0.156. The Labute approximate surface area is 233 Å². The fourth-order valence-corrected chi connectivity index (χ4v) is 5.64. The standard InChI is InChI=1S/C32H29N5OS/c1-22-19-28(23(2)36(22)21-24-9-8-17-33-20-24)31-30(29-12-6-7-18-34-29)35-32(39)37(31)25-13-15-27(16-14-25)38-26-10-4-3-5-11-26/h3-20,30-31H,21H2,1-2H3,(H,35,39). The van der Waals surface area contributed by atoms with Gasteiger partial charge in [-0.25, -0.2) is 0 Å². The smallest absolute Gasteiger partial charge is 0.174 e. The van der Waals surface area contributed by atoms with E-state index in [1.165, 1.54) is 17.0 Å². The van der Waals surface area contributed by atoms with Crippen LogP contribution in [-0.4, -0.2) is 19.6 Å². The molecule has 0 bridgehead atoms. The summed E-state index contributed by atoms with van der Waals surface area (Å²) in [7, 11) is 0. The van der Waals surface area contributed by atoms with E-state index in [0.29, 0.717) is 5.11 Å². The molecule has 0 amide bonds. The molecule has 1 N–H and O–H groups in total. The molecule has 4 heterocycles. The van der Waals surface area contributed by atoms with Crippen LogP contribution in [0.1, 0.15) is 40.3 Å². The lowest BCUT2D eigenvalue weighted by atomic mass is 9.96. The van der Waals surface area contributed by atoms with Crippen molar-refractivity contribution < 1.29 is 4.74 Å². The lowest BCUT2D eigenvalue weighted by molar-refractivity contribution is 0.482. The van der Waals surface area contributed by atoms with Crippen LogP contribution in [0.3, 0.4) is 0 Å². The Morgan fingerprint density at radius 1 is 0.872 bits per heavy atom. The minimum absolute atomic E-state index is 0.0814. The Morgan fingerprint density at radius 3 is 2.36 bits per heavy atom. The van der Waals surface area contributed by atoms with E-state index in [0.717, 1.165) is 35.0 Å². The molecule has 2 unspecified atom stereocenters. The molecule has 1 aliphatic heterocycles. The molecular weight excluding hydrogens is 502 g/mol. The van der Waals surface area contributed by atoms with Gasteiger partial charge in [0.15, 0.2) is 5.11 Å². The molecule has 6 nitrogen and oxygen atoms in total. The minimum Gasteiger partial charge on any atom is -0.457 e. The highest BCUT2D eigenvalue weighted by Crippen LogP contribution is 2.43. The van der Waals surface area contributed by atoms with Gasteiger partial charge in [0.1, 0.15) is 11.5 Å². The van der Waals surface area contributed by atoms with Gasteiger partial charge in [-0.1, -0.05) is 30.3 Å². The summed E-state index contributed by atoms with van der Waals surface area (Å²) in [6, 6.07) is 30.1. The lowest BCUT2D eigenvalue weighted by Crippen LogP contribution is -2.29. The van der Waals surface area contributed by atoms with Crippen LogP contribution in [0.4, 0.5) is 5.69 Å². The lowest BCUT2D eigenvalue weighted by Gasteiger charge is -2.28. The second-order valence-corrected chi connectivity index (χ2v) is 10.1. The number of pyridine rings is 2. The Hall–Kier alpha value is -4.49. The van der Waals surface area contributed by atoms with Gasteiger partial charge in [0.05, 0.1) is 17.8 Å². The molecule has 0 saturated carbocycles.